The molecule has 0 heterocycles. The monoisotopic (exact) mass is 189 g/mol. The van der Waals surface area contributed by atoms with Gasteiger partial charge in [-0.05, 0) is 24.3 Å². The van der Waals surface area contributed by atoms with E-state index in [1.807, 2.05) is 0 Å². The van der Waals surface area contributed by atoms with Crippen molar-refractivity contribution in [2.75, 3.05) is 13.6 Å². The second-order valence-electron chi connectivity index (χ2n) is 2.91. The highest BCUT2D eigenvalue weighted by atomic mass is 16.3. The fraction of sp³-hybridized carbons (Fsp3) is 0.182. The van der Waals surface area contributed by atoms with E-state index < -0.39 is 0 Å². The van der Waals surface area contributed by atoms with Crippen molar-refractivity contribution in [2.24, 2.45) is 0 Å². The molecule has 3 heteroatoms. The zero-order chi connectivity index (χ0) is 10.6. The van der Waals surface area contributed by atoms with E-state index in [4.69, 9.17) is 11.5 Å². The molecule has 0 unspecified atom stereocenters. The van der Waals surface area contributed by atoms with Gasteiger partial charge in [-0.15, -0.1) is 6.42 Å². The lowest BCUT2D eigenvalue weighted by atomic mass is 10.2. The van der Waals surface area contributed by atoms with E-state index in [1.165, 1.54) is 17.0 Å². The van der Waals surface area contributed by atoms with Crippen molar-refractivity contribution in [3.8, 4) is 18.1 Å². The normalized spacial score (nSPS) is 9.14. The number of aromatic hydroxyl groups is 1. The number of phenolic OH excluding ortho intramolecular Hbond substituents is 1. The lowest BCUT2D eigenvalue weighted by Gasteiger charge is -2.13. The summed E-state index contributed by atoms with van der Waals surface area (Å²) < 4.78 is 0. The van der Waals surface area contributed by atoms with Crippen molar-refractivity contribution >= 4 is 5.91 Å². The second-order valence-corrected chi connectivity index (χ2v) is 2.91. The number of rotatable bonds is 2. The first-order valence-corrected chi connectivity index (χ1v) is 4.13. The van der Waals surface area contributed by atoms with E-state index in [0.717, 1.165) is 0 Å². The van der Waals surface area contributed by atoms with Gasteiger partial charge in [0.05, 0.1) is 6.54 Å². The first-order valence-electron chi connectivity index (χ1n) is 4.13. The highest BCUT2D eigenvalue weighted by Gasteiger charge is 2.09. The zero-order valence-electron chi connectivity index (χ0n) is 7.90. The van der Waals surface area contributed by atoms with Crippen LogP contribution in [0.2, 0.25) is 0 Å². The van der Waals surface area contributed by atoms with Gasteiger partial charge in [-0.2, -0.15) is 0 Å². The lowest BCUT2D eigenvalue weighted by molar-refractivity contribution is 0.0812. The third kappa shape index (κ3) is 2.27. The minimum absolute atomic E-state index is 0.140. The number of carbonyl (C=O) groups is 1. The maximum absolute atomic E-state index is 11.6. The van der Waals surface area contributed by atoms with Crippen molar-refractivity contribution in [1.29, 1.82) is 0 Å². The first-order chi connectivity index (χ1) is 6.65. The van der Waals surface area contributed by atoms with Crippen molar-refractivity contribution in [1.82, 2.24) is 4.90 Å². The molecule has 0 saturated carbocycles. The summed E-state index contributed by atoms with van der Waals surface area (Å²) in [6.45, 7) is 0.277. The molecule has 1 aromatic rings. The van der Waals surface area contributed by atoms with E-state index in [9.17, 15) is 4.79 Å². The van der Waals surface area contributed by atoms with Crippen LogP contribution in [0.25, 0.3) is 0 Å². The fourth-order valence-corrected chi connectivity index (χ4v) is 1.03. The van der Waals surface area contributed by atoms with E-state index in [0.29, 0.717) is 5.56 Å². The van der Waals surface area contributed by atoms with Gasteiger partial charge in [0.2, 0.25) is 0 Å². The van der Waals surface area contributed by atoms with Crippen molar-refractivity contribution in [3.05, 3.63) is 29.8 Å². The Bertz CT molecular complexity index is 362. The molecule has 0 spiro atoms. The van der Waals surface area contributed by atoms with Crippen LogP contribution in [-0.4, -0.2) is 29.5 Å². The van der Waals surface area contributed by atoms with Gasteiger partial charge >= 0.3 is 0 Å². The molecule has 0 aliphatic rings. The average molecular weight is 189 g/mol. The molecule has 1 aromatic carbocycles. The van der Waals surface area contributed by atoms with Gasteiger partial charge in [0.1, 0.15) is 5.75 Å². The molecular formula is C11H11NO2. The summed E-state index contributed by atoms with van der Waals surface area (Å²) in [5.74, 6) is 2.38. The Morgan fingerprint density at radius 3 is 2.57 bits per heavy atom. The summed E-state index contributed by atoms with van der Waals surface area (Å²) in [5.41, 5.74) is 0.514. The largest absolute Gasteiger partial charge is 0.508 e. The molecule has 72 valence electrons. The molecule has 0 radical (unpaired) electrons. The minimum Gasteiger partial charge on any atom is -0.508 e. The van der Waals surface area contributed by atoms with E-state index in [-0.39, 0.29) is 18.2 Å². The molecule has 0 fully saturated rings. The predicted octanol–water partition coefficient (Wildman–Crippen LogP) is 1.10. The number of benzene rings is 1. The van der Waals surface area contributed by atoms with Crippen molar-refractivity contribution < 1.29 is 9.90 Å². The molecule has 0 aliphatic heterocycles. The van der Waals surface area contributed by atoms with Gasteiger partial charge in [-0.25, -0.2) is 0 Å². The summed E-state index contributed by atoms with van der Waals surface area (Å²) in [6, 6.07) is 6.06. The van der Waals surface area contributed by atoms with Crippen LogP contribution in [0.5, 0.6) is 5.75 Å². The molecule has 14 heavy (non-hydrogen) atoms. The van der Waals surface area contributed by atoms with Crippen LogP contribution in [0.4, 0.5) is 0 Å². The molecule has 0 atom stereocenters. The van der Waals surface area contributed by atoms with Gasteiger partial charge in [0.15, 0.2) is 0 Å². The Labute approximate surface area is 83.0 Å². The fourth-order valence-electron chi connectivity index (χ4n) is 1.03. The van der Waals surface area contributed by atoms with Gasteiger partial charge < -0.3 is 10.0 Å². The van der Waals surface area contributed by atoms with Gasteiger partial charge in [0, 0.05) is 12.6 Å². The number of amides is 1. The quantitative estimate of drug-likeness (QED) is 0.708. The summed E-state index contributed by atoms with van der Waals surface area (Å²) in [7, 11) is 1.63. The zero-order valence-corrected chi connectivity index (χ0v) is 7.90. The Balaban J connectivity index is 2.80. The van der Waals surface area contributed by atoms with E-state index >= 15 is 0 Å². The third-order valence-corrected chi connectivity index (χ3v) is 1.79. The van der Waals surface area contributed by atoms with Crippen LogP contribution < -0.4 is 0 Å². The molecule has 0 saturated heterocycles. The molecule has 1 N–H and O–H groups in total. The standard InChI is InChI=1S/C11H11NO2/c1-3-8-12(2)11(14)9-4-6-10(13)7-5-9/h1,4-7,13H,8H2,2H3. The van der Waals surface area contributed by atoms with Gasteiger partial charge in [-0.1, -0.05) is 5.92 Å². The molecule has 0 bridgehead atoms. The van der Waals surface area contributed by atoms with Gasteiger partial charge in [0.25, 0.3) is 5.91 Å². The van der Waals surface area contributed by atoms with Crippen LogP contribution in [-0.2, 0) is 0 Å². The average Bonchev–Trinajstić information content (AvgIpc) is 2.18. The molecule has 1 rings (SSSR count). The van der Waals surface area contributed by atoms with Crippen LogP contribution in [0.1, 0.15) is 10.4 Å². The highest BCUT2D eigenvalue weighted by Crippen LogP contribution is 2.10. The number of nitrogens with zero attached hydrogens (tertiary/aromatic N) is 1. The minimum atomic E-state index is -0.150. The molecule has 1 amide bonds. The van der Waals surface area contributed by atoms with E-state index in [1.54, 1.807) is 19.2 Å². The van der Waals surface area contributed by atoms with Gasteiger partial charge in [-0.3, -0.25) is 4.79 Å². The number of hydrogen-bond acceptors (Lipinski definition) is 2. The molecule has 3 nitrogen and oxygen atoms in total. The summed E-state index contributed by atoms with van der Waals surface area (Å²) in [6.07, 6.45) is 5.09. The first kappa shape index (κ1) is 10.1. The number of phenols is 1. The van der Waals surface area contributed by atoms with Crippen molar-refractivity contribution in [2.45, 2.75) is 0 Å². The summed E-state index contributed by atoms with van der Waals surface area (Å²) >= 11 is 0. The number of hydrogen-bond donors (Lipinski definition) is 1. The second kappa shape index (κ2) is 4.33. The smallest absolute Gasteiger partial charge is 0.254 e. The van der Waals surface area contributed by atoms with Crippen molar-refractivity contribution in [3.63, 3.8) is 0 Å². The summed E-state index contributed by atoms with van der Waals surface area (Å²) in [5, 5.41) is 9.02. The Morgan fingerprint density at radius 2 is 2.07 bits per heavy atom. The Hall–Kier alpha value is -1.95. The van der Waals surface area contributed by atoms with Crippen LogP contribution >= 0.6 is 0 Å². The SMILES string of the molecule is C#CCN(C)C(=O)c1ccc(O)cc1. The number of carbonyl (C=O) groups excluding carboxylic acids is 1. The topological polar surface area (TPSA) is 40.5 Å². The molecule has 0 aromatic heterocycles. The lowest BCUT2D eigenvalue weighted by Crippen LogP contribution is -2.26. The maximum atomic E-state index is 11.6. The Morgan fingerprint density at radius 1 is 1.50 bits per heavy atom. The Kier molecular flexibility index (Phi) is 3.14. The number of terminal acetylenes is 1. The van der Waals surface area contributed by atoms with Crippen LogP contribution in [0.3, 0.4) is 0 Å². The highest BCUT2D eigenvalue weighted by molar-refractivity contribution is 5.94. The third-order valence-electron chi connectivity index (χ3n) is 1.79. The molecule has 0 aliphatic carbocycles. The molecular weight excluding hydrogens is 178 g/mol. The van der Waals surface area contributed by atoms with E-state index in [2.05, 4.69) is 5.92 Å². The maximum Gasteiger partial charge on any atom is 0.254 e. The van der Waals surface area contributed by atoms with Crippen LogP contribution in [0, 0.1) is 12.3 Å². The summed E-state index contributed by atoms with van der Waals surface area (Å²) in [4.78, 5) is 13.0. The van der Waals surface area contributed by atoms with Crippen LogP contribution in [0.15, 0.2) is 24.3 Å². The predicted molar refractivity (Wildman–Crippen MR) is 53.9 cm³/mol.